The van der Waals surface area contributed by atoms with E-state index in [2.05, 4.69) is 21.3 Å². The van der Waals surface area contributed by atoms with Crippen molar-refractivity contribution in [3.05, 3.63) is 69.7 Å². The highest BCUT2D eigenvalue weighted by molar-refractivity contribution is 6.30. The number of amides is 6. The second-order valence-corrected chi connectivity index (χ2v) is 7.57. The van der Waals surface area contributed by atoms with Crippen LogP contribution >= 0.6 is 23.2 Å². The van der Waals surface area contributed by atoms with Gasteiger partial charge in [-0.25, -0.2) is 9.59 Å². The van der Waals surface area contributed by atoms with Crippen molar-refractivity contribution in [3.8, 4) is 0 Å². The van der Waals surface area contributed by atoms with Crippen LogP contribution in [-0.4, -0.2) is 23.9 Å². The lowest BCUT2D eigenvalue weighted by Gasteiger charge is -2.48. The number of urea groups is 2. The molecule has 6 amide bonds. The lowest BCUT2D eigenvalue weighted by molar-refractivity contribution is -0.150. The van der Waals surface area contributed by atoms with Crippen molar-refractivity contribution in [2.75, 3.05) is 0 Å². The van der Waals surface area contributed by atoms with Crippen LogP contribution in [0.4, 0.5) is 9.59 Å². The Kier molecular flexibility index (Phi) is 4.68. The Morgan fingerprint density at radius 2 is 1.00 bits per heavy atom. The third-order valence-electron chi connectivity index (χ3n) is 5.07. The molecule has 10 heteroatoms. The van der Waals surface area contributed by atoms with E-state index >= 15 is 0 Å². The highest BCUT2D eigenvalue weighted by Gasteiger charge is 2.64. The second-order valence-electron chi connectivity index (χ2n) is 6.69. The lowest BCUT2D eigenvalue weighted by atomic mass is 9.65. The number of carbonyl (C=O) groups excluding carboxylic acids is 4. The maximum absolute atomic E-state index is 13.2. The fraction of sp³-hybridized carbons (Fsp3) is 0.158. The number of carbonyl (C=O) groups is 4. The van der Waals surface area contributed by atoms with Gasteiger partial charge in [0.15, 0.2) is 5.41 Å². The first-order valence-corrected chi connectivity index (χ1v) is 9.33. The van der Waals surface area contributed by atoms with Crippen LogP contribution in [-0.2, 0) is 9.59 Å². The summed E-state index contributed by atoms with van der Waals surface area (Å²) in [5, 5.41) is 10.5. The zero-order chi connectivity index (χ0) is 20.8. The molecule has 4 rings (SSSR count). The summed E-state index contributed by atoms with van der Waals surface area (Å²) in [6.45, 7) is 0. The number of barbiturate groups is 1. The predicted molar refractivity (Wildman–Crippen MR) is 104 cm³/mol. The number of imide groups is 2. The van der Waals surface area contributed by atoms with Crippen LogP contribution in [0.25, 0.3) is 0 Å². The minimum atomic E-state index is -1.89. The fourth-order valence-corrected chi connectivity index (χ4v) is 4.02. The van der Waals surface area contributed by atoms with Gasteiger partial charge in [0.05, 0.1) is 12.1 Å². The first kappa shape index (κ1) is 19.2. The van der Waals surface area contributed by atoms with E-state index in [4.69, 9.17) is 23.2 Å². The third-order valence-corrected chi connectivity index (χ3v) is 5.58. The summed E-state index contributed by atoms with van der Waals surface area (Å²) in [4.78, 5) is 50.5. The quantitative estimate of drug-likeness (QED) is 0.545. The van der Waals surface area contributed by atoms with Crippen molar-refractivity contribution in [2.24, 2.45) is 5.41 Å². The number of hydrogen-bond acceptors (Lipinski definition) is 4. The summed E-state index contributed by atoms with van der Waals surface area (Å²) in [6.07, 6.45) is 0. The molecule has 2 saturated heterocycles. The summed E-state index contributed by atoms with van der Waals surface area (Å²) in [6, 6.07) is 9.13. The van der Waals surface area contributed by atoms with Crippen molar-refractivity contribution in [1.82, 2.24) is 21.3 Å². The van der Waals surface area contributed by atoms with E-state index in [1.54, 1.807) is 48.5 Å². The normalized spacial score (nSPS) is 23.1. The van der Waals surface area contributed by atoms with E-state index in [9.17, 15) is 19.2 Å². The van der Waals surface area contributed by atoms with Crippen molar-refractivity contribution in [2.45, 2.75) is 12.1 Å². The molecule has 1 spiro atoms. The van der Waals surface area contributed by atoms with Crippen LogP contribution in [0.5, 0.6) is 0 Å². The Balaban J connectivity index is 1.93. The van der Waals surface area contributed by atoms with E-state index in [-0.39, 0.29) is 0 Å². The molecule has 0 radical (unpaired) electrons. The first-order valence-electron chi connectivity index (χ1n) is 8.57. The molecule has 2 fully saturated rings. The van der Waals surface area contributed by atoms with E-state index < -0.39 is 41.4 Å². The smallest absolute Gasteiger partial charge is 0.328 e. The molecular formula is C19H14Cl2N4O4. The van der Waals surface area contributed by atoms with Gasteiger partial charge >= 0.3 is 12.1 Å². The van der Waals surface area contributed by atoms with E-state index in [0.29, 0.717) is 21.2 Å². The summed E-state index contributed by atoms with van der Waals surface area (Å²) >= 11 is 11.9. The standard InChI is InChI=1S/C19H14Cl2N4O4/c20-11-5-1-9(2-6-11)13-19(15(26)24-18(29)25-16(19)27)14(23-17(28)22-13)10-3-7-12(21)8-4-10/h1-8,13-14H,(H2,22,23,28)(H2,24,25,26,27,29). The summed E-state index contributed by atoms with van der Waals surface area (Å²) in [5.74, 6) is -1.67. The molecule has 2 aromatic rings. The topological polar surface area (TPSA) is 116 Å². The van der Waals surface area contributed by atoms with Gasteiger partial charge in [0.2, 0.25) is 11.8 Å². The van der Waals surface area contributed by atoms with Gasteiger partial charge in [-0.05, 0) is 35.4 Å². The van der Waals surface area contributed by atoms with Crippen molar-refractivity contribution in [3.63, 3.8) is 0 Å². The number of rotatable bonds is 2. The second kappa shape index (κ2) is 7.06. The molecule has 148 valence electrons. The van der Waals surface area contributed by atoms with Crippen LogP contribution in [0.3, 0.4) is 0 Å². The number of halogens is 2. The summed E-state index contributed by atoms with van der Waals surface area (Å²) < 4.78 is 0. The molecule has 4 N–H and O–H groups in total. The van der Waals surface area contributed by atoms with Gasteiger partial charge in [-0.3, -0.25) is 20.2 Å². The molecule has 0 saturated carbocycles. The molecule has 2 unspecified atom stereocenters. The molecule has 0 aliphatic carbocycles. The van der Waals surface area contributed by atoms with E-state index in [0.717, 1.165) is 0 Å². The van der Waals surface area contributed by atoms with Gasteiger partial charge in [0, 0.05) is 10.0 Å². The first-order chi connectivity index (χ1) is 13.8. The zero-order valence-corrected chi connectivity index (χ0v) is 16.2. The van der Waals surface area contributed by atoms with Crippen molar-refractivity contribution < 1.29 is 19.2 Å². The van der Waals surface area contributed by atoms with Crippen LogP contribution in [0.15, 0.2) is 48.5 Å². The Hall–Kier alpha value is -3.10. The third kappa shape index (κ3) is 3.10. The lowest BCUT2D eigenvalue weighted by Crippen LogP contribution is -2.73. The average Bonchev–Trinajstić information content (AvgIpc) is 2.67. The van der Waals surface area contributed by atoms with Gasteiger partial charge in [0.1, 0.15) is 0 Å². The largest absolute Gasteiger partial charge is 0.330 e. The molecule has 0 aromatic heterocycles. The van der Waals surface area contributed by atoms with Gasteiger partial charge in [-0.2, -0.15) is 0 Å². The minimum Gasteiger partial charge on any atom is -0.330 e. The molecule has 2 aliphatic rings. The SMILES string of the molecule is O=C1NC(=O)C2(C(=O)N1)C(c1ccc(Cl)cc1)NC(=O)NC2c1ccc(Cl)cc1. The Bertz CT molecular complexity index is 944. The average molecular weight is 433 g/mol. The molecule has 2 atom stereocenters. The molecule has 8 nitrogen and oxygen atoms in total. The minimum absolute atomic E-state index is 0.449. The Morgan fingerprint density at radius 1 is 0.621 bits per heavy atom. The highest BCUT2D eigenvalue weighted by atomic mass is 35.5. The maximum atomic E-state index is 13.2. The molecule has 2 aromatic carbocycles. The van der Waals surface area contributed by atoms with Gasteiger partial charge in [0.25, 0.3) is 0 Å². The predicted octanol–water partition coefficient (Wildman–Crippen LogP) is 2.44. The van der Waals surface area contributed by atoms with Crippen molar-refractivity contribution in [1.29, 1.82) is 0 Å². The van der Waals surface area contributed by atoms with Gasteiger partial charge in [-0.1, -0.05) is 47.5 Å². The van der Waals surface area contributed by atoms with Crippen LogP contribution in [0, 0.1) is 5.41 Å². The molecule has 2 aliphatic heterocycles. The summed E-state index contributed by atoms with van der Waals surface area (Å²) in [5.41, 5.74) is -0.936. The number of benzene rings is 2. The number of hydrogen-bond donors (Lipinski definition) is 4. The highest BCUT2D eigenvalue weighted by Crippen LogP contribution is 2.48. The van der Waals surface area contributed by atoms with Gasteiger partial charge in [-0.15, -0.1) is 0 Å². The zero-order valence-electron chi connectivity index (χ0n) is 14.7. The van der Waals surface area contributed by atoms with Crippen LogP contribution in [0.2, 0.25) is 10.0 Å². The Morgan fingerprint density at radius 3 is 1.38 bits per heavy atom. The molecule has 2 heterocycles. The number of nitrogens with one attached hydrogen (secondary N) is 4. The summed E-state index contributed by atoms with van der Waals surface area (Å²) in [7, 11) is 0. The fourth-order valence-electron chi connectivity index (χ4n) is 3.77. The Labute approximate surface area is 174 Å². The van der Waals surface area contributed by atoms with Crippen LogP contribution in [0.1, 0.15) is 23.2 Å². The monoisotopic (exact) mass is 432 g/mol. The van der Waals surface area contributed by atoms with Crippen LogP contribution < -0.4 is 21.3 Å². The van der Waals surface area contributed by atoms with E-state index in [1.807, 2.05) is 0 Å². The van der Waals surface area contributed by atoms with Crippen molar-refractivity contribution >= 4 is 47.1 Å². The molecule has 0 bridgehead atoms. The molecular weight excluding hydrogens is 419 g/mol. The van der Waals surface area contributed by atoms with Gasteiger partial charge < -0.3 is 10.6 Å². The molecule has 29 heavy (non-hydrogen) atoms. The van der Waals surface area contributed by atoms with E-state index in [1.165, 1.54) is 0 Å². The maximum Gasteiger partial charge on any atom is 0.328 e.